The quantitative estimate of drug-likeness (QED) is 0.747. The van der Waals surface area contributed by atoms with Crippen molar-refractivity contribution < 1.29 is 9.90 Å². The van der Waals surface area contributed by atoms with Gasteiger partial charge >= 0.3 is 0 Å². The molecular weight excluding hydrogens is 360 g/mol. The van der Waals surface area contributed by atoms with Crippen LogP contribution >= 0.6 is 0 Å². The summed E-state index contributed by atoms with van der Waals surface area (Å²) in [6.07, 6.45) is 1.07. The summed E-state index contributed by atoms with van der Waals surface area (Å²) in [5.74, 6) is 0.0331. The first-order chi connectivity index (χ1) is 13.4. The van der Waals surface area contributed by atoms with Crippen molar-refractivity contribution in [3.05, 3.63) is 58.1 Å². The average molecular weight is 395 g/mol. The van der Waals surface area contributed by atoms with Crippen LogP contribution in [0.25, 0.3) is 0 Å². The van der Waals surface area contributed by atoms with Crippen LogP contribution in [0.3, 0.4) is 0 Å². The molecule has 1 aliphatic rings. The van der Waals surface area contributed by atoms with Crippen LogP contribution in [0.1, 0.15) is 61.9 Å². The van der Waals surface area contributed by atoms with Gasteiger partial charge in [-0.15, -0.1) is 0 Å². The predicted molar refractivity (Wildman–Crippen MR) is 120 cm³/mol. The van der Waals surface area contributed by atoms with E-state index in [0.29, 0.717) is 19.4 Å². The van der Waals surface area contributed by atoms with E-state index in [1.54, 1.807) is 0 Å². The Kier molecular flexibility index (Phi) is 5.52. The maximum absolute atomic E-state index is 12.4. The Morgan fingerprint density at radius 3 is 2.31 bits per heavy atom. The molecule has 1 heterocycles. The van der Waals surface area contributed by atoms with Gasteiger partial charge in [0.1, 0.15) is 5.72 Å². The van der Waals surface area contributed by atoms with Gasteiger partial charge in [0, 0.05) is 30.8 Å². The van der Waals surface area contributed by atoms with Crippen LogP contribution in [-0.2, 0) is 17.8 Å². The van der Waals surface area contributed by atoms with Gasteiger partial charge in [-0.05, 0) is 67.5 Å². The summed E-state index contributed by atoms with van der Waals surface area (Å²) < 4.78 is 0. The summed E-state index contributed by atoms with van der Waals surface area (Å²) in [6.45, 7) is 14.8. The zero-order chi connectivity index (χ0) is 21.6. The van der Waals surface area contributed by atoms with Crippen LogP contribution < -0.4 is 10.2 Å². The number of nitrogens with one attached hydrogen (secondary N) is 1. The number of rotatable bonds is 3. The highest BCUT2D eigenvalue weighted by Gasteiger charge is 2.35. The fourth-order valence-electron chi connectivity index (χ4n) is 4.20. The van der Waals surface area contributed by atoms with Gasteiger partial charge in [-0.1, -0.05) is 44.5 Å². The molecule has 0 radical (unpaired) electrons. The molecule has 0 aliphatic carbocycles. The molecule has 0 bridgehead atoms. The second kappa shape index (κ2) is 7.49. The number of hydrogen-bond donors (Lipinski definition) is 2. The number of amides is 1. The fraction of sp³-hybridized carbons (Fsp3) is 0.480. The fourth-order valence-corrected chi connectivity index (χ4v) is 4.20. The van der Waals surface area contributed by atoms with Crippen molar-refractivity contribution in [2.24, 2.45) is 5.41 Å². The molecular formula is C25H34N2O2. The monoisotopic (exact) mass is 394 g/mol. The Morgan fingerprint density at radius 2 is 1.72 bits per heavy atom. The first-order valence-electron chi connectivity index (χ1n) is 10.4. The lowest BCUT2D eigenvalue weighted by Gasteiger charge is -2.44. The van der Waals surface area contributed by atoms with E-state index in [2.05, 4.69) is 68.2 Å². The number of aryl methyl sites for hydroxylation is 3. The molecule has 0 saturated carbocycles. The molecule has 0 spiro atoms. The van der Waals surface area contributed by atoms with E-state index in [-0.39, 0.29) is 11.3 Å². The van der Waals surface area contributed by atoms with Crippen molar-refractivity contribution in [1.82, 2.24) is 0 Å². The minimum Gasteiger partial charge on any atom is -0.371 e. The summed E-state index contributed by atoms with van der Waals surface area (Å²) in [7, 11) is 0. The summed E-state index contributed by atoms with van der Waals surface area (Å²) in [5, 5.41) is 14.3. The van der Waals surface area contributed by atoms with Crippen molar-refractivity contribution in [3.63, 3.8) is 0 Å². The zero-order valence-electron chi connectivity index (χ0n) is 18.8. The largest absolute Gasteiger partial charge is 0.371 e. The Morgan fingerprint density at radius 1 is 1.10 bits per heavy atom. The topological polar surface area (TPSA) is 52.6 Å². The van der Waals surface area contributed by atoms with E-state index in [9.17, 15) is 9.90 Å². The highest BCUT2D eigenvalue weighted by atomic mass is 16.3. The molecule has 1 unspecified atom stereocenters. The maximum Gasteiger partial charge on any atom is 0.224 e. The molecule has 2 N–H and O–H groups in total. The summed E-state index contributed by atoms with van der Waals surface area (Å²) in [4.78, 5) is 14.5. The van der Waals surface area contributed by atoms with E-state index in [1.165, 1.54) is 16.7 Å². The first kappa shape index (κ1) is 21.4. The minimum atomic E-state index is -0.962. The van der Waals surface area contributed by atoms with Gasteiger partial charge in [-0.2, -0.15) is 0 Å². The Balaban J connectivity index is 1.90. The number of aliphatic hydroxyl groups is 1. The van der Waals surface area contributed by atoms with Crippen LogP contribution in [0, 0.1) is 26.2 Å². The minimum absolute atomic E-state index is 0.0331. The van der Waals surface area contributed by atoms with Crippen LogP contribution in [0.5, 0.6) is 0 Å². The van der Waals surface area contributed by atoms with E-state index >= 15 is 0 Å². The van der Waals surface area contributed by atoms with E-state index < -0.39 is 5.72 Å². The molecule has 1 amide bonds. The van der Waals surface area contributed by atoms with Crippen LogP contribution in [0.4, 0.5) is 11.4 Å². The van der Waals surface area contributed by atoms with E-state index in [1.807, 2.05) is 20.8 Å². The number of nitrogens with zero attached hydrogens (tertiary/aromatic N) is 1. The Hall–Kier alpha value is -2.33. The number of anilines is 2. The SMILES string of the molecule is Cc1ccc2c(c1)CC(C)(O)N(c1cc(C)c(NC(=O)CC(C)(C)C)c(C)c1)C2. The maximum atomic E-state index is 12.4. The van der Waals surface area contributed by atoms with Gasteiger partial charge < -0.3 is 15.3 Å². The molecule has 4 nitrogen and oxygen atoms in total. The lowest BCUT2D eigenvalue weighted by atomic mass is 9.90. The molecule has 3 rings (SSSR count). The second-order valence-corrected chi connectivity index (χ2v) is 9.99. The lowest BCUT2D eigenvalue weighted by molar-refractivity contribution is -0.117. The number of carbonyl (C=O) groups is 1. The molecule has 4 heteroatoms. The van der Waals surface area contributed by atoms with Crippen LogP contribution in [0.15, 0.2) is 30.3 Å². The number of carbonyl (C=O) groups excluding carboxylic acids is 1. The zero-order valence-corrected chi connectivity index (χ0v) is 18.8. The van der Waals surface area contributed by atoms with Crippen LogP contribution in [-0.4, -0.2) is 16.7 Å². The molecule has 29 heavy (non-hydrogen) atoms. The van der Waals surface area contributed by atoms with E-state index in [4.69, 9.17) is 0 Å². The van der Waals surface area contributed by atoms with Gasteiger partial charge in [0.15, 0.2) is 0 Å². The molecule has 1 aliphatic heterocycles. The number of fused-ring (bicyclic) bond motifs is 1. The van der Waals surface area contributed by atoms with Gasteiger partial charge in [-0.3, -0.25) is 4.79 Å². The predicted octanol–water partition coefficient (Wildman–Crippen LogP) is 5.26. The Labute approximate surface area is 174 Å². The van der Waals surface area contributed by atoms with Crippen molar-refractivity contribution >= 4 is 17.3 Å². The van der Waals surface area contributed by atoms with Gasteiger partial charge in [0.25, 0.3) is 0 Å². The normalized spacial score (nSPS) is 19.1. The third-order valence-electron chi connectivity index (χ3n) is 5.58. The molecule has 156 valence electrons. The smallest absolute Gasteiger partial charge is 0.224 e. The summed E-state index contributed by atoms with van der Waals surface area (Å²) >= 11 is 0. The standard InChI is InChI=1S/C25H34N2O2/c1-16-8-9-19-15-27(25(7,29)13-20(19)10-16)21-11-17(2)23(18(3)12-21)26-22(28)14-24(4,5)6/h8-12,29H,13-15H2,1-7H3,(H,26,28). The first-order valence-corrected chi connectivity index (χ1v) is 10.4. The third-order valence-corrected chi connectivity index (χ3v) is 5.58. The van der Waals surface area contributed by atoms with Crippen molar-refractivity contribution in [3.8, 4) is 0 Å². The van der Waals surface area contributed by atoms with Crippen molar-refractivity contribution in [2.75, 3.05) is 10.2 Å². The van der Waals surface area contributed by atoms with Gasteiger partial charge in [0.2, 0.25) is 5.91 Å². The highest BCUT2D eigenvalue weighted by Crippen LogP contribution is 2.37. The van der Waals surface area contributed by atoms with E-state index in [0.717, 1.165) is 22.5 Å². The summed E-state index contributed by atoms with van der Waals surface area (Å²) in [5.41, 5.74) is 6.53. The van der Waals surface area contributed by atoms with Gasteiger partial charge in [-0.25, -0.2) is 0 Å². The molecule has 2 aromatic carbocycles. The number of hydrogen-bond acceptors (Lipinski definition) is 3. The van der Waals surface area contributed by atoms with Crippen LogP contribution in [0.2, 0.25) is 0 Å². The summed E-state index contributed by atoms with van der Waals surface area (Å²) in [6, 6.07) is 10.6. The number of benzene rings is 2. The Bertz CT molecular complexity index is 915. The van der Waals surface area contributed by atoms with Gasteiger partial charge in [0.05, 0.1) is 0 Å². The highest BCUT2D eigenvalue weighted by molar-refractivity contribution is 5.93. The molecule has 0 aromatic heterocycles. The lowest BCUT2D eigenvalue weighted by Crippen LogP contribution is -2.51. The molecule has 0 fully saturated rings. The van der Waals surface area contributed by atoms with Crippen molar-refractivity contribution in [1.29, 1.82) is 0 Å². The molecule has 1 atom stereocenters. The molecule has 2 aromatic rings. The second-order valence-electron chi connectivity index (χ2n) is 9.99. The average Bonchev–Trinajstić information content (AvgIpc) is 2.54. The van der Waals surface area contributed by atoms with Crippen molar-refractivity contribution in [2.45, 2.75) is 73.6 Å². The third kappa shape index (κ3) is 4.81. The molecule has 0 saturated heterocycles.